The van der Waals surface area contributed by atoms with E-state index in [9.17, 15) is 0 Å². The second-order valence-electron chi connectivity index (χ2n) is 11.5. The van der Waals surface area contributed by atoms with Gasteiger partial charge in [0.1, 0.15) is 34.0 Å². The Morgan fingerprint density at radius 2 is 0.854 bits per heavy atom. The zero-order valence-corrected chi connectivity index (χ0v) is 25.6. The van der Waals surface area contributed by atoms with Gasteiger partial charge in [0.05, 0.1) is 22.4 Å². The summed E-state index contributed by atoms with van der Waals surface area (Å²) < 4.78 is 12.6. The van der Waals surface area contributed by atoms with Gasteiger partial charge in [-0.2, -0.15) is 0 Å². The third-order valence-electron chi connectivity index (χ3n) is 8.42. The summed E-state index contributed by atoms with van der Waals surface area (Å²) in [5.74, 6) is 3.04. The molecule has 0 radical (unpaired) electrons. The van der Waals surface area contributed by atoms with Crippen LogP contribution in [-0.4, -0.2) is 19.9 Å². The molecule has 5 aromatic carbocycles. The van der Waals surface area contributed by atoms with Crippen molar-refractivity contribution in [1.82, 2.24) is 19.9 Å². The molecule has 4 heterocycles. The van der Waals surface area contributed by atoms with Crippen LogP contribution in [0.25, 0.3) is 66.1 Å². The highest BCUT2D eigenvalue weighted by Crippen LogP contribution is 2.37. The van der Waals surface area contributed by atoms with E-state index < -0.39 is 0 Å². The Morgan fingerprint density at radius 3 is 1.33 bits per heavy atom. The predicted octanol–water partition coefficient (Wildman–Crippen LogP) is 10.8. The van der Waals surface area contributed by atoms with Crippen LogP contribution in [0, 0.1) is 0 Å². The molecular formula is C42H26N4O2. The standard InChI is InChI=1S/C42H26N4O2/c1-3-12-31(13-4-1)47-37-25-29-18-20-35(45-39(29)41-33(37)16-8-22-43-41)27-10-7-11-28(24-27)36-21-19-30-26-38(48-32-14-5-2-6-15-32)34-17-9-23-44-42(34)40(30)46-36/h1-26H. The Kier molecular flexibility index (Phi) is 6.68. The zero-order chi connectivity index (χ0) is 31.9. The SMILES string of the molecule is c1ccc(Oc2cc3ccc(-c4cccc(-c5ccc6cc(Oc7ccccc7)c7cccnc7c6n5)c4)nc3c3ncccc23)cc1. The van der Waals surface area contributed by atoms with Gasteiger partial charge in [-0.05, 0) is 78.9 Å². The van der Waals surface area contributed by atoms with Gasteiger partial charge in [-0.3, -0.25) is 9.97 Å². The minimum atomic E-state index is 0.747. The normalized spacial score (nSPS) is 11.3. The molecule has 0 unspecified atom stereocenters. The van der Waals surface area contributed by atoms with E-state index in [1.807, 2.05) is 115 Å². The smallest absolute Gasteiger partial charge is 0.137 e. The number of benzene rings is 5. The lowest BCUT2D eigenvalue weighted by Gasteiger charge is -2.13. The maximum absolute atomic E-state index is 6.28. The van der Waals surface area contributed by atoms with Crippen molar-refractivity contribution < 1.29 is 9.47 Å². The maximum Gasteiger partial charge on any atom is 0.137 e. The highest BCUT2D eigenvalue weighted by molar-refractivity contribution is 6.07. The fourth-order valence-corrected chi connectivity index (χ4v) is 6.14. The predicted molar refractivity (Wildman–Crippen MR) is 192 cm³/mol. The lowest BCUT2D eigenvalue weighted by Crippen LogP contribution is -1.93. The third kappa shape index (κ3) is 5.02. The van der Waals surface area contributed by atoms with E-state index in [1.54, 1.807) is 12.4 Å². The number of nitrogens with zero attached hydrogens (tertiary/aromatic N) is 4. The summed E-state index contributed by atoms with van der Waals surface area (Å²) in [6.07, 6.45) is 3.59. The molecule has 226 valence electrons. The second kappa shape index (κ2) is 11.6. The first kappa shape index (κ1) is 27.6. The molecule has 0 spiro atoms. The average Bonchev–Trinajstić information content (AvgIpc) is 3.16. The first-order valence-electron chi connectivity index (χ1n) is 15.7. The summed E-state index contributed by atoms with van der Waals surface area (Å²) in [5, 5.41) is 3.73. The Morgan fingerprint density at radius 1 is 0.375 bits per heavy atom. The van der Waals surface area contributed by atoms with Crippen LogP contribution in [0.5, 0.6) is 23.0 Å². The van der Waals surface area contributed by atoms with E-state index in [0.717, 1.165) is 89.1 Å². The Balaban J connectivity index is 1.11. The third-order valence-corrected chi connectivity index (χ3v) is 8.42. The van der Waals surface area contributed by atoms with E-state index in [2.05, 4.69) is 30.3 Å². The van der Waals surface area contributed by atoms with E-state index in [-0.39, 0.29) is 0 Å². The highest BCUT2D eigenvalue weighted by atomic mass is 16.5. The molecule has 0 saturated heterocycles. The number of aromatic nitrogens is 4. The molecule has 0 N–H and O–H groups in total. The van der Waals surface area contributed by atoms with Gasteiger partial charge in [0.2, 0.25) is 0 Å². The van der Waals surface area contributed by atoms with Crippen molar-refractivity contribution >= 4 is 43.6 Å². The molecule has 48 heavy (non-hydrogen) atoms. The molecule has 6 nitrogen and oxygen atoms in total. The van der Waals surface area contributed by atoms with Gasteiger partial charge in [0.15, 0.2) is 0 Å². The van der Waals surface area contributed by atoms with Crippen LogP contribution >= 0.6 is 0 Å². The van der Waals surface area contributed by atoms with Gasteiger partial charge in [-0.15, -0.1) is 0 Å². The topological polar surface area (TPSA) is 70.0 Å². The number of rotatable bonds is 6. The summed E-state index contributed by atoms with van der Waals surface area (Å²) in [7, 11) is 0. The van der Waals surface area contributed by atoms with Crippen LogP contribution in [0.15, 0.2) is 158 Å². The monoisotopic (exact) mass is 618 g/mol. The summed E-state index contributed by atoms with van der Waals surface area (Å²) in [4.78, 5) is 19.7. The minimum absolute atomic E-state index is 0.747. The molecule has 0 amide bonds. The van der Waals surface area contributed by atoms with Crippen LogP contribution in [0.3, 0.4) is 0 Å². The maximum atomic E-state index is 6.28. The molecule has 0 atom stereocenters. The molecule has 0 bridgehead atoms. The van der Waals surface area contributed by atoms with Crippen molar-refractivity contribution in [3.8, 4) is 45.5 Å². The van der Waals surface area contributed by atoms with Crippen LogP contribution in [0.2, 0.25) is 0 Å². The fraction of sp³-hybridized carbons (Fsp3) is 0. The highest BCUT2D eigenvalue weighted by Gasteiger charge is 2.15. The largest absolute Gasteiger partial charge is 0.457 e. The van der Waals surface area contributed by atoms with Crippen molar-refractivity contribution in [2.45, 2.75) is 0 Å². The molecule has 9 aromatic rings. The first-order chi connectivity index (χ1) is 23.8. The number of fused-ring (bicyclic) bond motifs is 6. The zero-order valence-electron chi connectivity index (χ0n) is 25.6. The number of para-hydroxylation sites is 2. The number of hydrogen-bond donors (Lipinski definition) is 0. The molecule has 0 aliphatic heterocycles. The van der Waals surface area contributed by atoms with E-state index in [1.165, 1.54) is 0 Å². The molecule has 0 fully saturated rings. The van der Waals surface area contributed by atoms with Crippen molar-refractivity contribution in [2.24, 2.45) is 0 Å². The van der Waals surface area contributed by atoms with Gasteiger partial charge in [0, 0.05) is 45.1 Å². The van der Waals surface area contributed by atoms with Crippen LogP contribution in [0.1, 0.15) is 0 Å². The lowest BCUT2D eigenvalue weighted by molar-refractivity contribution is 0.488. The molecular weight excluding hydrogens is 592 g/mol. The van der Waals surface area contributed by atoms with Gasteiger partial charge < -0.3 is 9.47 Å². The lowest BCUT2D eigenvalue weighted by atomic mass is 10.0. The molecule has 9 rings (SSSR count). The van der Waals surface area contributed by atoms with Crippen molar-refractivity contribution in [3.05, 3.63) is 158 Å². The number of pyridine rings is 4. The van der Waals surface area contributed by atoms with Gasteiger partial charge in [0.25, 0.3) is 0 Å². The quantitative estimate of drug-likeness (QED) is 0.173. The first-order valence-corrected chi connectivity index (χ1v) is 15.7. The molecule has 0 aliphatic carbocycles. The van der Waals surface area contributed by atoms with Gasteiger partial charge in [-0.1, -0.05) is 66.7 Å². The number of ether oxygens (including phenoxy) is 2. The second-order valence-corrected chi connectivity index (χ2v) is 11.5. The Labute approximate surface area is 275 Å². The van der Waals surface area contributed by atoms with Crippen LogP contribution < -0.4 is 9.47 Å². The Bertz CT molecular complexity index is 2450. The van der Waals surface area contributed by atoms with Gasteiger partial charge >= 0.3 is 0 Å². The molecule has 0 aliphatic rings. The summed E-state index contributed by atoms with van der Waals surface area (Å²) in [6.45, 7) is 0. The van der Waals surface area contributed by atoms with E-state index >= 15 is 0 Å². The van der Waals surface area contributed by atoms with Crippen molar-refractivity contribution in [1.29, 1.82) is 0 Å². The van der Waals surface area contributed by atoms with Crippen molar-refractivity contribution in [2.75, 3.05) is 0 Å². The molecule has 6 heteroatoms. The minimum Gasteiger partial charge on any atom is -0.457 e. The fourth-order valence-electron chi connectivity index (χ4n) is 6.14. The summed E-state index contributed by atoms with van der Waals surface area (Å²) >= 11 is 0. The van der Waals surface area contributed by atoms with Gasteiger partial charge in [-0.25, -0.2) is 9.97 Å². The van der Waals surface area contributed by atoms with E-state index in [0.29, 0.717) is 0 Å². The average molecular weight is 619 g/mol. The van der Waals surface area contributed by atoms with Crippen LogP contribution in [0.4, 0.5) is 0 Å². The summed E-state index contributed by atoms with van der Waals surface area (Å²) in [6, 6.07) is 48.1. The number of hydrogen-bond acceptors (Lipinski definition) is 6. The van der Waals surface area contributed by atoms with Crippen molar-refractivity contribution in [3.63, 3.8) is 0 Å². The molecule has 4 aromatic heterocycles. The van der Waals surface area contributed by atoms with Crippen LogP contribution in [-0.2, 0) is 0 Å². The van der Waals surface area contributed by atoms with E-state index in [4.69, 9.17) is 29.4 Å². The molecule has 0 saturated carbocycles. The Hall–Kier alpha value is -6.66. The summed E-state index contributed by atoms with van der Waals surface area (Å²) in [5.41, 5.74) is 6.91.